The average Bonchev–Trinajstić information content (AvgIpc) is 2.28. The number of rotatable bonds is 4. The van der Waals surface area contributed by atoms with Crippen molar-refractivity contribution in [2.24, 2.45) is 5.73 Å². The molecular formula is C12H16N2O2S. The highest BCUT2D eigenvalue weighted by Crippen LogP contribution is 2.18. The average molecular weight is 252 g/mol. The Morgan fingerprint density at radius 3 is 2.71 bits per heavy atom. The second kappa shape index (κ2) is 5.63. The van der Waals surface area contributed by atoms with Crippen LogP contribution in [-0.4, -0.2) is 34.5 Å². The lowest BCUT2D eigenvalue weighted by Crippen LogP contribution is -2.30. The molecule has 0 spiro atoms. The van der Waals surface area contributed by atoms with E-state index in [1.165, 1.54) is 11.0 Å². The van der Waals surface area contributed by atoms with Crippen LogP contribution in [0.3, 0.4) is 0 Å². The molecule has 3 N–H and O–H groups in total. The summed E-state index contributed by atoms with van der Waals surface area (Å²) in [7, 11) is 1.68. The predicted octanol–water partition coefficient (Wildman–Crippen LogP) is 1.45. The third kappa shape index (κ3) is 3.71. The summed E-state index contributed by atoms with van der Waals surface area (Å²) in [4.78, 5) is 13.9. The van der Waals surface area contributed by atoms with E-state index in [4.69, 9.17) is 18.0 Å². The van der Waals surface area contributed by atoms with E-state index in [9.17, 15) is 9.90 Å². The molecular weight excluding hydrogens is 236 g/mol. The number of carbonyl (C=O) groups is 1. The van der Waals surface area contributed by atoms with Crippen molar-refractivity contribution in [2.75, 3.05) is 13.6 Å². The number of phenolic OH excluding ortho intramolecular Hbond substituents is 1. The number of nitrogens with zero attached hydrogens (tertiary/aromatic N) is 1. The zero-order valence-corrected chi connectivity index (χ0v) is 10.8. The summed E-state index contributed by atoms with van der Waals surface area (Å²) in [6.07, 6.45) is 0.495. The van der Waals surface area contributed by atoms with Gasteiger partial charge in [-0.15, -0.1) is 0 Å². The number of aryl methyl sites for hydroxylation is 1. The lowest BCUT2D eigenvalue weighted by atomic mass is 10.1. The first-order valence-corrected chi connectivity index (χ1v) is 5.66. The number of hydrogen-bond acceptors (Lipinski definition) is 3. The quantitative estimate of drug-likeness (QED) is 0.796. The van der Waals surface area contributed by atoms with Gasteiger partial charge in [0.1, 0.15) is 5.75 Å². The van der Waals surface area contributed by atoms with Crippen LogP contribution in [0.25, 0.3) is 0 Å². The van der Waals surface area contributed by atoms with E-state index in [-0.39, 0.29) is 11.7 Å². The zero-order chi connectivity index (χ0) is 13.0. The van der Waals surface area contributed by atoms with Crippen LogP contribution in [0.2, 0.25) is 0 Å². The Balaban J connectivity index is 2.74. The second-order valence-corrected chi connectivity index (χ2v) is 4.47. The van der Waals surface area contributed by atoms with Gasteiger partial charge in [0, 0.05) is 25.6 Å². The fourth-order valence-corrected chi connectivity index (χ4v) is 1.43. The van der Waals surface area contributed by atoms with Crippen LogP contribution in [-0.2, 0) is 0 Å². The van der Waals surface area contributed by atoms with E-state index >= 15 is 0 Å². The Labute approximate surface area is 106 Å². The molecule has 0 fully saturated rings. The summed E-state index contributed by atoms with van der Waals surface area (Å²) in [5.41, 5.74) is 6.58. The highest BCUT2D eigenvalue weighted by Gasteiger charge is 2.12. The fourth-order valence-electron chi connectivity index (χ4n) is 1.34. The number of nitrogens with two attached hydrogens (primary N) is 1. The number of phenols is 1. The monoisotopic (exact) mass is 252 g/mol. The van der Waals surface area contributed by atoms with E-state index in [1.54, 1.807) is 26.1 Å². The Bertz CT molecular complexity index is 446. The third-order valence-corrected chi connectivity index (χ3v) is 2.70. The largest absolute Gasteiger partial charge is 0.508 e. The van der Waals surface area contributed by atoms with Gasteiger partial charge < -0.3 is 15.7 Å². The molecule has 1 amide bonds. The standard InChI is InChI=1S/C12H16N2O2S/c1-8-3-4-9(7-10(8)15)12(16)14(2)6-5-11(13)17/h3-4,7,15H,5-6H2,1-2H3,(H2,13,17). The zero-order valence-electron chi connectivity index (χ0n) is 9.93. The molecule has 1 rings (SSSR count). The summed E-state index contributed by atoms with van der Waals surface area (Å²) in [5, 5.41) is 9.54. The first-order chi connectivity index (χ1) is 7.91. The van der Waals surface area contributed by atoms with E-state index in [2.05, 4.69) is 0 Å². The number of benzene rings is 1. The summed E-state index contributed by atoms with van der Waals surface area (Å²) in [6, 6.07) is 4.87. The first kappa shape index (κ1) is 13.4. The highest BCUT2D eigenvalue weighted by molar-refractivity contribution is 7.80. The molecule has 0 aliphatic heterocycles. The molecule has 1 aromatic rings. The first-order valence-electron chi connectivity index (χ1n) is 5.25. The van der Waals surface area contributed by atoms with Gasteiger partial charge in [-0.3, -0.25) is 4.79 Å². The maximum Gasteiger partial charge on any atom is 0.253 e. The van der Waals surface area contributed by atoms with Gasteiger partial charge in [0.25, 0.3) is 5.91 Å². The van der Waals surface area contributed by atoms with Crippen LogP contribution in [0.15, 0.2) is 18.2 Å². The molecule has 0 aliphatic rings. The molecule has 0 aliphatic carbocycles. The Morgan fingerprint density at radius 2 is 2.18 bits per heavy atom. The van der Waals surface area contributed by atoms with Crippen molar-refractivity contribution >= 4 is 23.1 Å². The van der Waals surface area contributed by atoms with E-state index < -0.39 is 0 Å². The van der Waals surface area contributed by atoms with Crippen molar-refractivity contribution in [3.05, 3.63) is 29.3 Å². The van der Waals surface area contributed by atoms with Crippen molar-refractivity contribution in [3.63, 3.8) is 0 Å². The molecule has 17 heavy (non-hydrogen) atoms. The minimum absolute atomic E-state index is 0.124. The van der Waals surface area contributed by atoms with Crippen molar-refractivity contribution in [2.45, 2.75) is 13.3 Å². The molecule has 0 bridgehead atoms. The summed E-state index contributed by atoms with van der Waals surface area (Å²) in [6.45, 7) is 2.25. The SMILES string of the molecule is Cc1ccc(C(=O)N(C)CCC(N)=S)cc1O. The molecule has 0 atom stereocenters. The Hall–Kier alpha value is -1.62. The van der Waals surface area contributed by atoms with Crippen molar-refractivity contribution in [1.82, 2.24) is 4.90 Å². The smallest absolute Gasteiger partial charge is 0.253 e. The maximum absolute atomic E-state index is 12.0. The van der Waals surface area contributed by atoms with Crippen LogP contribution in [0.5, 0.6) is 5.75 Å². The van der Waals surface area contributed by atoms with Crippen LogP contribution >= 0.6 is 12.2 Å². The minimum atomic E-state index is -0.156. The molecule has 0 heterocycles. The third-order valence-electron chi connectivity index (χ3n) is 2.50. The molecule has 1 aromatic carbocycles. The fraction of sp³-hybridized carbons (Fsp3) is 0.333. The number of aromatic hydroxyl groups is 1. The van der Waals surface area contributed by atoms with Gasteiger partial charge >= 0.3 is 0 Å². The molecule has 0 saturated heterocycles. The molecule has 0 unspecified atom stereocenters. The normalized spacial score (nSPS) is 10.0. The van der Waals surface area contributed by atoms with Gasteiger partial charge in [-0.05, 0) is 24.6 Å². The van der Waals surface area contributed by atoms with Gasteiger partial charge in [0.05, 0.1) is 4.99 Å². The van der Waals surface area contributed by atoms with Gasteiger partial charge in [0.2, 0.25) is 0 Å². The van der Waals surface area contributed by atoms with Crippen LogP contribution in [0, 0.1) is 6.92 Å². The summed E-state index contributed by atoms with van der Waals surface area (Å²) < 4.78 is 0. The maximum atomic E-state index is 12.0. The predicted molar refractivity (Wildman–Crippen MR) is 71.2 cm³/mol. The molecule has 0 radical (unpaired) electrons. The van der Waals surface area contributed by atoms with E-state index in [0.717, 1.165) is 5.56 Å². The van der Waals surface area contributed by atoms with E-state index in [1.807, 2.05) is 0 Å². The van der Waals surface area contributed by atoms with Gasteiger partial charge in [-0.25, -0.2) is 0 Å². The van der Waals surface area contributed by atoms with Gasteiger partial charge in [-0.2, -0.15) is 0 Å². The van der Waals surface area contributed by atoms with Gasteiger partial charge in [0.15, 0.2) is 0 Å². The number of hydrogen-bond donors (Lipinski definition) is 2. The highest BCUT2D eigenvalue weighted by atomic mass is 32.1. The van der Waals surface area contributed by atoms with Crippen molar-refractivity contribution in [1.29, 1.82) is 0 Å². The van der Waals surface area contributed by atoms with Gasteiger partial charge in [-0.1, -0.05) is 18.3 Å². The molecule has 0 saturated carbocycles. The minimum Gasteiger partial charge on any atom is -0.508 e. The Kier molecular flexibility index (Phi) is 4.45. The summed E-state index contributed by atoms with van der Waals surface area (Å²) >= 11 is 4.75. The van der Waals surface area contributed by atoms with Crippen LogP contribution in [0.1, 0.15) is 22.3 Å². The number of amides is 1. The van der Waals surface area contributed by atoms with Crippen molar-refractivity contribution in [3.8, 4) is 5.75 Å². The topological polar surface area (TPSA) is 66.6 Å². The van der Waals surface area contributed by atoms with Crippen molar-refractivity contribution < 1.29 is 9.90 Å². The molecule has 4 nitrogen and oxygen atoms in total. The second-order valence-electron chi connectivity index (χ2n) is 3.94. The molecule has 5 heteroatoms. The van der Waals surface area contributed by atoms with Crippen LogP contribution < -0.4 is 5.73 Å². The lowest BCUT2D eigenvalue weighted by molar-refractivity contribution is 0.0798. The van der Waals surface area contributed by atoms with E-state index in [0.29, 0.717) is 23.5 Å². The number of thiocarbonyl (C=S) groups is 1. The summed E-state index contributed by atoms with van der Waals surface area (Å²) in [5.74, 6) is -0.0323. The number of carbonyl (C=O) groups excluding carboxylic acids is 1. The van der Waals surface area contributed by atoms with Crippen LogP contribution in [0.4, 0.5) is 0 Å². The molecule has 0 aromatic heterocycles. The Morgan fingerprint density at radius 1 is 1.53 bits per heavy atom. The molecule has 92 valence electrons. The lowest BCUT2D eigenvalue weighted by Gasteiger charge is -2.17.